The fraction of sp³-hybridized carbons (Fsp3) is 0.205. The van der Waals surface area contributed by atoms with E-state index >= 15 is 0 Å². The summed E-state index contributed by atoms with van der Waals surface area (Å²) in [5, 5.41) is 0. The zero-order valence-corrected chi connectivity index (χ0v) is 24.5. The van der Waals surface area contributed by atoms with Crippen LogP contribution in [0.3, 0.4) is 0 Å². The second-order valence-corrected chi connectivity index (χ2v) is 10.9. The minimum absolute atomic E-state index is 0.160. The molecule has 5 aromatic rings. The lowest BCUT2D eigenvalue weighted by molar-refractivity contribution is -0.126. The molecule has 6 rings (SSSR count). The molecular weight excluding hydrogens is 548 g/mol. The maximum Gasteiger partial charge on any atom is 0.151 e. The van der Waals surface area contributed by atoms with E-state index in [0.29, 0.717) is 13.2 Å². The standard InChI is InChI=1S/C39H36O5/c40-26-35-37(41-27-30-16-6-1-7-17-30)38(42-28-31-18-8-2-9-19-31)36(44-35)29-43-39(32-20-10-3-11-21-32,33-22-12-4-13-23-33)34-24-14-5-15-25-34/h1-26,35-38H,27-29H2/t35-,36-,37+,38-/m1/s1. The predicted octanol–water partition coefficient (Wildman–Crippen LogP) is 7.13. The van der Waals surface area contributed by atoms with Gasteiger partial charge in [0.2, 0.25) is 0 Å². The van der Waals surface area contributed by atoms with Gasteiger partial charge in [-0.1, -0.05) is 152 Å². The Hall–Kier alpha value is -4.39. The molecule has 0 unspecified atom stereocenters. The van der Waals surface area contributed by atoms with Gasteiger partial charge in [-0.3, -0.25) is 0 Å². The van der Waals surface area contributed by atoms with Crippen LogP contribution in [0, 0.1) is 0 Å². The number of ether oxygens (including phenoxy) is 4. The van der Waals surface area contributed by atoms with E-state index in [1.54, 1.807) is 0 Å². The van der Waals surface area contributed by atoms with E-state index in [0.717, 1.165) is 34.1 Å². The number of carbonyl (C=O) groups excluding carboxylic acids is 1. The monoisotopic (exact) mass is 584 g/mol. The maximum atomic E-state index is 12.4. The third-order valence-corrected chi connectivity index (χ3v) is 8.06. The molecule has 0 aromatic heterocycles. The Morgan fingerprint density at radius 1 is 0.545 bits per heavy atom. The summed E-state index contributed by atoms with van der Waals surface area (Å²) >= 11 is 0. The van der Waals surface area contributed by atoms with Crippen LogP contribution in [-0.4, -0.2) is 37.3 Å². The van der Waals surface area contributed by atoms with E-state index in [-0.39, 0.29) is 6.61 Å². The smallest absolute Gasteiger partial charge is 0.151 e. The van der Waals surface area contributed by atoms with Crippen molar-refractivity contribution in [3.05, 3.63) is 179 Å². The van der Waals surface area contributed by atoms with Crippen molar-refractivity contribution in [2.24, 2.45) is 0 Å². The summed E-state index contributed by atoms with van der Waals surface area (Å²) in [4.78, 5) is 12.4. The van der Waals surface area contributed by atoms with Gasteiger partial charge in [-0.2, -0.15) is 0 Å². The zero-order chi connectivity index (χ0) is 30.0. The molecule has 1 fully saturated rings. The number of hydrogen-bond acceptors (Lipinski definition) is 5. The van der Waals surface area contributed by atoms with Crippen molar-refractivity contribution in [3.8, 4) is 0 Å². The number of hydrogen-bond donors (Lipinski definition) is 0. The van der Waals surface area contributed by atoms with Crippen molar-refractivity contribution in [3.63, 3.8) is 0 Å². The normalized spacial score (nSPS) is 19.9. The van der Waals surface area contributed by atoms with Gasteiger partial charge in [0.25, 0.3) is 0 Å². The molecule has 5 aromatic carbocycles. The largest absolute Gasteiger partial charge is 0.368 e. The molecule has 5 nitrogen and oxygen atoms in total. The van der Waals surface area contributed by atoms with Gasteiger partial charge in [0.1, 0.15) is 30.0 Å². The summed E-state index contributed by atoms with van der Waals surface area (Å²) in [5.74, 6) is 0. The van der Waals surface area contributed by atoms with Crippen LogP contribution < -0.4 is 0 Å². The van der Waals surface area contributed by atoms with Gasteiger partial charge in [-0.05, 0) is 27.8 Å². The van der Waals surface area contributed by atoms with E-state index in [1.165, 1.54) is 0 Å². The van der Waals surface area contributed by atoms with Crippen molar-refractivity contribution in [2.75, 3.05) is 6.61 Å². The van der Waals surface area contributed by atoms with Crippen LogP contribution in [-0.2, 0) is 42.6 Å². The van der Waals surface area contributed by atoms with Crippen LogP contribution in [0.5, 0.6) is 0 Å². The third kappa shape index (κ3) is 6.57. The minimum Gasteiger partial charge on any atom is -0.368 e. The summed E-state index contributed by atoms with van der Waals surface area (Å²) in [6, 6.07) is 50.5. The molecule has 0 spiro atoms. The summed E-state index contributed by atoms with van der Waals surface area (Å²) in [6.45, 7) is 0.844. The topological polar surface area (TPSA) is 54.0 Å². The first-order valence-electron chi connectivity index (χ1n) is 15.0. The summed E-state index contributed by atoms with van der Waals surface area (Å²) in [6.07, 6.45) is -1.70. The van der Waals surface area contributed by atoms with Crippen molar-refractivity contribution in [1.82, 2.24) is 0 Å². The van der Waals surface area contributed by atoms with Crippen LogP contribution in [0.15, 0.2) is 152 Å². The molecule has 1 heterocycles. The molecule has 1 saturated heterocycles. The summed E-state index contributed by atoms with van der Waals surface area (Å²) in [7, 11) is 0. The summed E-state index contributed by atoms with van der Waals surface area (Å²) < 4.78 is 26.4. The fourth-order valence-electron chi connectivity index (χ4n) is 5.90. The number of rotatable bonds is 13. The SMILES string of the molecule is O=C[C@H]1O[C@H](COC(c2ccccc2)(c2ccccc2)c2ccccc2)[C@@H](OCc2ccccc2)[C@H]1OCc1ccccc1. The lowest BCUT2D eigenvalue weighted by Crippen LogP contribution is -2.42. The van der Waals surface area contributed by atoms with Gasteiger partial charge in [0.15, 0.2) is 6.29 Å². The van der Waals surface area contributed by atoms with Crippen molar-refractivity contribution >= 4 is 6.29 Å². The van der Waals surface area contributed by atoms with E-state index in [9.17, 15) is 4.79 Å². The third-order valence-electron chi connectivity index (χ3n) is 8.06. The molecule has 0 aliphatic carbocycles. The van der Waals surface area contributed by atoms with Gasteiger partial charge >= 0.3 is 0 Å². The summed E-state index contributed by atoms with van der Waals surface area (Å²) in [5.41, 5.74) is 4.06. The van der Waals surface area contributed by atoms with Gasteiger partial charge in [-0.15, -0.1) is 0 Å². The molecule has 0 amide bonds. The van der Waals surface area contributed by atoms with Crippen LogP contribution in [0.25, 0.3) is 0 Å². The Morgan fingerprint density at radius 3 is 1.34 bits per heavy atom. The van der Waals surface area contributed by atoms with Gasteiger partial charge in [-0.25, -0.2) is 0 Å². The van der Waals surface area contributed by atoms with Crippen molar-refractivity contribution in [1.29, 1.82) is 0 Å². The number of benzene rings is 5. The van der Waals surface area contributed by atoms with E-state index in [1.807, 2.05) is 115 Å². The number of carbonyl (C=O) groups is 1. The molecular formula is C39H36O5. The Kier molecular flexibility index (Phi) is 9.70. The van der Waals surface area contributed by atoms with Crippen molar-refractivity contribution < 1.29 is 23.7 Å². The first-order chi connectivity index (χ1) is 21.8. The molecule has 1 aliphatic heterocycles. The first kappa shape index (κ1) is 29.7. The Bertz CT molecular complexity index is 1470. The highest BCUT2D eigenvalue weighted by Gasteiger charge is 2.48. The van der Waals surface area contributed by atoms with Crippen molar-refractivity contribution in [2.45, 2.75) is 43.2 Å². The molecule has 44 heavy (non-hydrogen) atoms. The van der Waals surface area contributed by atoms with Crippen LogP contribution in [0.1, 0.15) is 27.8 Å². The molecule has 0 bridgehead atoms. The predicted molar refractivity (Wildman–Crippen MR) is 170 cm³/mol. The quantitative estimate of drug-likeness (QED) is 0.109. The number of aldehydes is 1. The average Bonchev–Trinajstić information content (AvgIpc) is 3.45. The zero-order valence-electron chi connectivity index (χ0n) is 24.5. The van der Waals surface area contributed by atoms with Crippen LogP contribution >= 0.6 is 0 Å². The Labute approximate surface area is 259 Å². The Morgan fingerprint density at radius 2 is 0.932 bits per heavy atom. The van der Waals surface area contributed by atoms with Gasteiger partial charge in [0, 0.05) is 0 Å². The Balaban J connectivity index is 1.34. The van der Waals surface area contributed by atoms with E-state index in [2.05, 4.69) is 36.4 Å². The van der Waals surface area contributed by atoms with E-state index < -0.39 is 30.0 Å². The van der Waals surface area contributed by atoms with Gasteiger partial charge < -0.3 is 23.7 Å². The lowest BCUT2D eigenvalue weighted by atomic mass is 9.80. The molecule has 1 aliphatic rings. The second-order valence-electron chi connectivity index (χ2n) is 10.9. The fourth-order valence-corrected chi connectivity index (χ4v) is 5.90. The van der Waals surface area contributed by atoms with Crippen LogP contribution in [0.2, 0.25) is 0 Å². The van der Waals surface area contributed by atoms with E-state index in [4.69, 9.17) is 18.9 Å². The highest BCUT2D eigenvalue weighted by molar-refractivity contribution is 5.58. The lowest BCUT2D eigenvalue weighted by Gasteiger charge is -2.37. The molecule has 0 saturated carbocycles. The highest BCUT2D eigenvalue weighted by Crippen LogP contribution is 2.41. The minimum atomic E-state index is -0.934. The molecule has 0 radical (unpaired) electrons. The first-order valence-corrected chi connectivity index (χ1v) is 15.0. The molecule has 5 heteroatoms. The second kappa shape index (κ2) is 14.4. The average molecular weight is 585 g/mol. The maximum absolute atomic E-state index is 12.4. The molecule has 0 N–H and O–H groups in total. The highest BCUT2D eigenvalue weighted by atomic mass is 16.6. The molecule has 222 valence electrons. The molecule has 4 atom stereocenters. The van der Waals surface area contributed by atoms with Crippen LogP contribution in [0.4, 0.5) is 0 Å². The van der Waals surface area contributed by atoms with Gasteiger partial charge in [0.05, 0.1) is 19.8 Å².